The minimum Gasteiger partial charge on any atom is -0.309 e. The maximum Gasteiger partial charge on any atom is 0.280 e. The van der Waals surface area contributed by atoms with Crippen LogP contribution in [0.15, 0.2) is 18.2 Å². The van der Waals surface area contributed by atoms with Crippen molar-refractivity contribution in [1.82, 2.24) is 5.32 Å². The van der Waals surface area contributed by atoms with Gasteiger partial charge in [0.2, 0.25) is 0 Å². The molecule has 116 valence electrons. The third-order valence-electron chi connectivity index (χ3n) is 2.67. The van der Waals surface area contributed by atoms with Gasteiger partial charge >= 0.3 is 0 Å². The van der Waals surface area contributed by atoms with Gasteiger partial charge in [0.05, 0.1) is 21.7 Å². The summed E-state index contributed by atoms with van der Waals surface area (Å²) < 4.78 is 22.2. The van der Waals surface area contributed by atoms with Crippen LogP contribution in [-0.4, -0.2) is 36.3 Å². The summed E-state index contributed by atoms with van der Waals surface area (Å²) >= 11 is 0. The van der Waals surface area contributed by atoms with E-state index in [1.165, 1.54) is 12.1 Å². The second kappa shape index (κ2) is 6.59. The summed E-state index contributed by atoms with van der Waals surface area (Å²) in [5.74, 6) is -0.103. The fraction of sp³-hybridized carbons (Fsp3) is 0.455. The molecule has 0 saturated carbocycles. The first kappa shape index (κ1) is 17.0. The number of hydrogen-bond acceptors (Lipinski definition) is 7. The highest BCUT2D eigenvalue weighted by molar-refractivity contribution is 7.90. The van der Waals surface area contributed by atoms with Gasteiger partial charge in [0.25, 0.3) is 11.4 Å². The third-order valence-corrected chi connectivity index (χ3v) is 3.78. The molecule has 0 aliphatic carbocycles. The average molecular weight is 317 g/mol. The summed E-state index contributed by atoms with van der Waals surface area (Å²) in [6.45, 7) is 1.68. The van der Waals surface area contributed by atoms with E-state index in [4.69, 9.17) is 0 Å². The van der Waals surface area contributed by atoms with Gasteiger partial charge in [-0.2, -0.15) is 0 Å². The largest absolute Gasteiger partial charge is 0.309 e. The van der Waals surface area contributed by atoms with Crippen LogP contribution in [0, 0.1) is 20.2 Å². The van der Waals surface area contributed by atoms with Crippen molar-refractivity contribution in [3.05, 3.63) is 44.0 Å². The SMILES string of the molecule is CC(CS(C)(=O)=O)NCc1ccc([N+](=O)[O-])cc1[N+](=O)[O-]. The van der Waals surface area contributed by atoms with Gasteiger partial charge in [-0.05, 0) is 13.0 Å². The van der Waals surface area contributed by atoms with Crippen LogP contribution >= 0.6 is 0 Å². The van der Waals surface area contributed by atoms with E-state index in [-0.39, 0.29) is 29.2 Å². The Morgan fingerprint density at radius 2 is 1.86 bits per heavy atom. The van der Waals surface area contributed by atoms with E-state index < -0.39 is 25.7 Å². The highest BCUT2D eigenvalue weighted by Gasteiger charge is 2.20. The van der Waals surface area contributed by atoms with Crippen molar-refractivity contribution < 1.29 is 18.3 Å². The molecule has 0 aliphatic rings. The Hall–Kier alpha value is -2.07. The van der Waals surface area contributed by atoms with E-state index in [9.17, 15) is 28.6 Å². The maximum atomic E-state index is 11.1. The quantitative estimate of drug-likeness (QED) is 0.586. The average Bonchev–Trinajstić information content (AvgIpc) is 2.33. The van der Waals surface area contributed by atoms with E-state index in [1.807, 2.05) is 0 Å². The van der Waals surface area contributed by atoms with Crippen molar-refractivity contribution in [2.24, 2.45) is 0 Å². The predicted molar refractivity (Wildman–Crippen MR) is 75.8 cm³/mol. The molecule has 1 atom stereocenters. The second-order valence-electron chi connectivity index (χ2n) is 4.70. The first-order valence-electron chi connectivity index (χ1n) is 5.93. The molecule has 0 saturated heterocycles. The Bertz CT molecular complexity index is 658. The molecular weight excluding hydrogens is 302 g/mol. The van der Waals surface area contributed by atoms with Crippen LogP contribution in [0.4, 0.5) is 11.4 Å². The predicted octanol–water partition coefficient (Wildman–Crippen LogP) is 1.03. The zero-order valence-electron chi connectivity index (χ0n) is 11.5. The van der Waals surface area contributed by atoms with Crippen molar-refractivity contribution in [2.45, 2.75) is 19.5 Å². The van der Waals surface area contributed by atoms with E-state index in [2.05, 4.69) is 5.32 Å². The van der Waals surface area contributed by atoms with Crippen molar-refractivity contribution in [2.75, 3.05) is 12.0 Å². The van der Waals surface area contributed by atoms with Crippen molar-refractivity contribution in [3.63, 3.8) is 0 Å². The summed E-state index contributed by atoms with van der Waals surface area (Å²) in [5.41, 5.74) is -0.483. The molecule has 1 rings (SSSR count). The molecule has 0 aliphatic heterocycles. The van der Waals surface area contributed by atoms with Crippen LogP contribution < -0.4 is 5.32 Å². The Morgan fingerprint density at radius 1 is 1.24 bits per heavy atom. The standard InChI is InChI=1S/C11H15N3O6S/c1-8(7-21(2,19)20)12-6-9-3-4-10(13(15)16)5-11(9)14(17)18/h3-5,8,12H,6-7H2,1-2H3. The molecule has 9 nitrogen and oxygen atoms in total. The number of nitro groups is 2. The minimum absolute atomic E-state index is 0.0466. The molecule has 1 aromatic carbocycles. The van der Waals surface area contributed by atoms with E-state index in [1.54, 1.807) is 6.92 Å². The Kier molecular flexibility index (Phi) is 5.33. The highest BCUT2D eigenvalue weighted by Crippen LogP contribution is 2.24. The zero-order chi connectivity index (χ0) is 16.2. The van der Waals surface area contributed by atoms with Crippen LogP contribution in [0.1, 0.15) is 12.5 Å². The summed E-state index contributed by atoms with van der Waals surface area (Å²) in [7, 11) is -3.16. The van der Waals surface area contributed by atoms with Gasteiger partial charge in [0.1, 0.15) is 9.84 Å². The third kappa shape index (κ3) is 5.44. The number of nitrogens with one attached hydrogen (secondary N) is 1. The van der Waals surface area contributed by atoms with Gasteiger partial charge in [0.15, 0.2) is 0 Å². The number of nitro benzene ring substituents is 2. The summed E-state index contributed by atoms with van der Waals surface area (Å²) in [6.07, 6.45) is 1.10. The normalized spacial score (nSPS) is 12.9. The van der Waals surface area contributed by atoms with Crippen molar-refractivity contribution in [3.8, 4) is 0 Å². The summed E-state index contributed by atoms with van der Waals surface area (Å²) in [5, 5.41) is 24.4. The lowest BCUT2D eigenvalue weighted by atomic mass is 10.1. The summed E-state index contributed by atoms with van der Waals surface area (Å²) in [6, 6.07) is 2.95. The van der Waals surface area contributed by atoms with Gasteiger partial charge in [-0.3, -0.25) is 20.2 Å². The first-order valence-corrected chi connectivity index (χ1v) is 7.99. The smallest absolute Gasteiger partial charge is 0.280 e. The lowest BCUT2D eigenvalue weighted by Crippen LogP contribution is -2.32. The van der Waals surface area contributed by atoms with Gasteiger partial charge in [0, 0.05) is 30.5 Å². The van der Waals surface area contributed by atoms with E-state index in [0.29, 0.717) is 0 Å². The van der Waals surface area contributed by atoms with E-state index in [0.717, 1.165) is 12.3 Å². The van der Waals surface area contributed by atoms with Crippen molar-refractivity contribution in [1.29, 1.82) is 0 Å². The van der Waals surface area contributed by atoms with Crippen LogP contribution in [-0.2, 0) is 16.4 Å². The van der Waals surface area contributed by atoms with Gasteiger partial charge < -0.3 is 5.32 Å². The molecular formula is C11H15N3O6S. The van der Waals surface area contributed by atoms with Crippen LogP contribution in [0.25, 0.3) is 0 Å². The molecule has 0 fully saturated rings. The topological polar surface area (TPSA) is 132 Å². The lowest BCUT2D eigenvalue weighted by molar-refractivity contribution is -0.394. The molecule has 21 heavy (non-hydrogen) atoms. The molecule has 1 N–H and O–H groups in total. The number of rotatable bonds is 7. The number of non-ortho nitro benzene ring substituents is 1. The van der Waals surface area contributed by atoms with E-state index >= 15 is 0 Å². The molecule has 1 unspecified atom stereocenters. The number of hydrogen-bond donors (Lipinski definition) is 1. The van der Waals surface area contributed by atoms with Gasteiger partial charge in [-0.1, -0.05) is 0 Å². The molecule has 0 bridgehead atoms. The number of nitrogens with zero attached hydrogens (tertiary/aromatic N) is 2. The minimum atomic E-state index is -3.16. The molecule has 0 spiro atoms. The Labute approximate surface area is 121 Å². The monoisotopic (exact) mass is 317 g/mol. The molecule has 0 heterocycles. The molecule has 0 radical (unpaired) electrons. The second-order valence-corrected chi connectivity index (χ2v) is 6.89. The Balaban J connectivity index is 2.88. The molecule has 0 amide bonds. The fourth-order valence-corrected chi connectivity index (χ4v) is 2.81. The van der Waals surface area contributed by atoms with Crippen LogP contribution in [0.5, 0.6) is 0 Å². The van der Waals surface area contributed by atoms with Gasteiger partial charge in [-0.15, -0.1) is 0 Å². The summed E-state index contributed by atoms with van der Waals surface area (Å²) in [4.78, 5) is 20.1. The maximum absolute atomic E-state index is 11.1. The number of benzene rings is 1. The zero-order valence-corrected chi connectivity index (χ0v) is 12.3. The number of sulfone groups is 1. The highest BCUT2D eigenvalue weighted by atomic mass is 32.2. The first-order chi connectivity index (χ1) is 9.60. The van der Waals surface area contributed by atoms with Gasteiger partial charge in [-0.25, -0.2) is 8.42 Å². The molecule has 10 heteroatoms. The molecule has 1 aromatic rings. The Morgan fingerprint density at radius 3 is 2.33 bits per heavy atom. The lowest BCUT2D eigenvalue weighted by Gasteiger charge is -2.12. The molecule has 0 aromatic heterocycles. The van der Waals surface area contributed by atoms with Crippen LogP contribution in [0.3, 0.4) is 0 Å². The fourth-order valence-electron chi connectivity index (χ4n) is 1.78. The van der Waals surface area contributed by atoms with Crippen LogP contribution in [0.2, 0.25) is 0 Å². The van der Waals surface area contributed by atoms with Crippen molar-refractivity contribution >= 4 is 21.2 Å².